The molecule has 0 radical (unpaired) electrons. The third-order valence-electron chi connectivity index (χ3n) is 5.82. The Morgan fingerprint density at radius 2 is 1.94 bits per heavy atom. The van der Waals surface area contributed by atoms with E-state index in [-0.39, 0.29) is 18.2 Å². The Labute approximate surface area is 176 Å². The van der Waals surface area contributed by atoms with E-state index in [0.717, 1.165) is 16.5 Å². The van der Waals surface area contributed by atoms with Crippen LogP contribution in [0.2, 0.25) is 0 Å². The zero-order chi connectivity index (χ0) is 21.8. The van der Waals surface area contributed by atoms with Gasteiger partial charge in [0.1, 0.15) is 11.7 Å². The number of pyridine rings is 2. The second kappa shape index (κ2) is 7.28. The molecule has 4 aromatic rings. The van der Waals surface area contributed by atoms with Crippen LogP contribution in [0, 0.1) is 6.92 Å². The first-order valence-corrected chi connectivity index (χ1v) is 10.1. The summed E-state index contributed by atoms with van der Waals surface area (Å²) in [6.07, 6.45) is -2.41. The SMILES string of the molecule is Cc1cccc2ccc(-c3nnc4ccc([C@@H](N5CC[C@H](N)C5)C(F)(F)F)cn34)nc12. The first kappa shape index (κ1) is 19.9. The summed E-state index contributed by atoms with van der Waals surface area (Å²) in [5.41, 5.74) is 8.86. The molecular weight excluding hydrogens is 405 g/mol. The Bertz CT molecular complexity index is 1270. The highest BCUT2D eigenvalue weighted by Gasteiger charge is 2.46. The number of fused-ring (bicyclic) bond motifs is 2. The maximum absolute atomic E-state index is 14.0. The predicted octanol–water partition coefficient (Wildman–Crippen LogP) is 3.89. The van der Waals surface area contributed by atoms with Gasteiger partial charge in [-0.05, 0) is 36.6 Å². The third-order valence-corrected chi connectivity index (χ3v) is 5.82. The fourth-order valence-electron chi connectivity index (χ4n) is 4.32. The van der Waals surface area contributed by atoms with Gasteiger partial charge in [-0.2, -0.15) is 13.2 Å². The Kier molecular flexibility index (Phi) is 4.67. The van der Waals surface area contributed by atoms with Crippen LogP contribution in [0.25, 0.3) is 28.1 Å². The summed E-state index contributed by atoms with van der Waals surface area (Å²) in [7, 11) is 0. The molecule has 1 saturated heterocycles. The number of hydrogen-bond acceptors (Lipinski definition) is 5. The van der Waals surface area contributed by atoms with E-state index in [1.807, 2.05) is 37.3 Å². The van der Waals surface area contributed by atoms with Crippen molar-refractivity contribution in [2.45, 2.75) is 31.6 Å². The summed E-state index contributed by atoms with van der Waals surface area (Å²) >= 11 is 0. The number of alkyl halides is 3. The van der Waals surface area contributed by atoms with E-state index in [4.69, 9.17) is 10.7 Å². The van der Waals surface area contributed by atoms with E-state index in [1.165, 1.54) is 17.2 Å². The summed E-state index contributed by atoms with van der Waals surface area (Å²) in [5.74, 6) is 0.404. The van der Waals surface area contributed by atoms with Crippen LogP contribution in [0.5, 0.6) is 0 Å². The number of para-hydroxylation sites is 1. The number of benzene rings is 1. The molecule has 6 nitrogen and oxygen atoms in total. The lowest BCUT2D eigenvalue weighted by Crippen LogP contribution is -2.38. The van der Waals surface area contributed by atoms with Crippen molar-refractivity contribution in [3.63, 3.8) is 0 Å². The van der Waals surface area contributed by atoms with Gasteiger partial charge < -0.3 is 5.73 Å². The molecule has 1 fully saturated rings. The number of halogens is 3. The van der Waals surface area contributed by atoms with Crippen molar-refractivity contribution < 1.29 is 13.2 Å². The van der Waals surface area contributed by atoms with Gasteiger partial charge >= 0.3 is 6.18 Å². The lowest BCUT2D eigenvalue weighted by Gasteiger charge is -2.30. The molecule has 1 aliphatic rings. The molecule has 0 amide bonds. The normalized spacial score (nSPS) is 18.8. The number of nitrogens with two attached hydrogens (primary N) is 1. The van der Waals surface area contributed by atoms with Gasteiger partial charge in [0.15, 0.2) is 11.5 Å². The van der Waals surface area contributed by atoms with Crippen LogP contribution < -0.4 is 5.73 Å². The quantitative estimate of drug-likeness (QED) is 0.538. The summed E-state index contributed by atoms with van der Waals surface area (Å²) < 4.78 is 43.6. The molecular formula is C22H21F3N6. The van der Waals surface area contributed by atoms with Crippen molar-refractivity contribution in [2.75, 3.05) is 13.1 Å². The van der Waals surface area contributed by atoms with Crippen LogP contribution in [-0.4, -0.2) is 49.8 Å². The average molecular weight is 426 g/mol. The maximum atomic E-state index is 14.0. The van der Waals surface area contributed by atoms with Crippen molar-refractivity contribution >= 4 is 16.6 Å². The van der Waals surface area contributed by atoms with E-state index in [2.05, 4.69) is 10.2 Å². The van der Waals surface area contributed by atoms with Crippen LogP contribution in [0.1, 0.15) is 23.6 Å². The van der Waals surface area contributed by atoms with Crippen molar-refractivity contribution in [3.05, 3.63) is 59.8 Å². The summed E-state index contributed by atoms with van der Waals surface area (Å²) in [6.45, 7) is 2.49. The zero-order valence-corrected chi connectivity index (χ0v) is 16.8. The summed E-state index contributed by atoms with van der Waals surface area (Å²) in [4.78, 5) is 6.10. The predicted molar refractivity (Wildman–Crippen MR) is 111 cm³/mol. The van der Waals surface area contributed by atoms with Gasteiger partial charge in [0, 0.05) is 30.7 Å². The topological polar surface area (TPSA) is 72.3 Å². The number of likely N-dealkylation sites (tertiary alicyclic amines) is 1. The minimum absolute atomic E-state index is 0.132. The van der Waals surface area contributed by atoms with Gasteiger partial charge in [0.25, 0.3) is 0 Å². The average Bonchev–Trinajstić information content (AvgIpc) is 3.33. The molecule has 0 unspecified atom stereocenters. The van der Waals surface area contributed by atoms with Crippen LogP contribution in [0.4, 0.5) is 13.2 Å². The number of rotatable bonds is 3. The fraction of sp³-hybridized carbons (Fsp3) is 0.318. The van der Waals surface area contributed by atoms with E-state index < -0.39 is 12.2 Å². The van der Waals surface area contributed by atoms with Crippen LogP contribution in [0.15, 0.2) is 48.7 Å². The van der Waals surface area contributed by atoms with Gasteiger partial charge in [-0.15, -0.1) is 10.2 Å². The van der Waals surface area contributed by atoms with Gasteiger partial charge in [0.2, 0.25) is 0 Å². The summed E-state index contributed by atoms with van der Waals surface area (Å²) in [5, 5.41) is 9.32. The van der Waals surface area contributed by atoms with Crippen molar-refractivity contribution in [1.29, 1.82) is 0 Å². The highest BCUT2D eigenvalue weighted by Crippen LogP contribution is 2.39. The maximum Gasteiger partial charge on any atom is 0.408 e. The lowest BCUT2D eigenvalue weighted by atomic mass is 10.1. The largest absolute Gasteiger partial charge is 0.408 e. The lowest BCUT2D eigenvalue weighted by molar-refractivity contribution is -0.183. The second-order valence-corrected chi connectivity index (χ2v) is 8.05. The Balaban J connectivity index is 1.62. The Morgan fingerprint density at radius 3 is 2.68 bits per heavy atom. The number of nitrogens with zero attached hydrogens (tertiary/aromatic N) is 5. The number of aryl methyl sites for hydroxylation is 1. The monoisotopic (exact) mass is 426 g/mol. The molecule has 5 rings (SSSR count). The molecule has 2 N–H and O–H groups in total. The second-order valence-electron chi connectivity index (χ2n) is 8.05. The molecule has 1 aliphatic heterocycles. The molecule has 0 aliphatic carbocycles. The van der Waals surface area contributed by atoms with E-state index in [1.54, 1.807) is 10.5 Å². The van der Waals surface area contributed by atoms with Crippen LogP contribution >= 0.6 is 0 Å². The molecule has 0 bridgehead atoms. The van der Waals surface area contributed by atoms with Crippen LogP contribution in [0.3, 0.4) is 0 Å². The third kappa shape index (κ3) is 3.53. The molecule has 3 aromatic heterocycles. The molecule has 1 aromatic carbocycles. The van der Waals surface area contributed by atoms with Gasteiger partial charge in [-0.1, -0.05) is 30.3 Å². The number of aromatic nitrogens is 4. The minimum atomic E-state index is -4.43. The molecule has 160 valence electrons. The molecule has 2 atom stereocenters. The Hall–Kier alpha value is -3.04. The number of hydrogen-bond donors (Lipinski definition) is 1. The highest BCUT2D eigenvalue weighted by molar-refractivity contribution is 5.83. The fourth-order valence-corrected chi connectivity index (χ4v) is 4.32. The van der Waals surface area contributed by atoms with Gasteiger partial charge in [0.05, 0.1) is 5.52 Å². The van der Waals surface area contributed by atoms with E-state index in [9.17, 15) is 13.2 Å². The van der Waals surface area contributed by atoms with Crippen molar-refractivity contribution in [1.82, 2.24) is 24.5 Å². The molecule has 0 saturated carbocycles. The molecule has 0 spiro atoms. The van der Waals surface area contributed by atoms with Gasteiger partial charge in [-0.25, -0.2) is 4.98 Å². The summed E-state index contributed by atoms with van der Waals surface area (Å²) in [6, 6.07) is 10.7. The smallest absolute Gasteiger partial charge is 0.326 e. The highest BCUT2D eigenvalue weighted by atomic mass is 19.4. The van der Waals surface area contributed by atoms with Crippen molar-refractivity contribution in [2.24, 2.45) is 5.73 Å². The van der Waals surface area contributed by atoms with Gasteiger partial charge in [-0.3, -0.25) is 9.30 Å². The molecule has 31 heavy (non-hydrogen) atoms. The van der Waals surface area contributed by atoms with Crippen LogP contribution in [-0.2, 0) is 0 Å². The first-order chi connectivity index (χ1) is 14.8. The van der Waals surface area contributed by atoms with E-state index >= 15 is 0 Å². The first-order valence-electron chi connectivity index (χ1n) is 10.1. The molecule has 4 heterocycles. The van der Waals surface area contributed by atoms with E-state index in [0.29, 0.717) is 30.1 Å². The standard InChI is InChI=1S/C22H21F3N6/c1-13-3-2-4-14-5-7-17(27-19(13)14)21-29-28-18-8-6-15(11-31(18)21)20(22(23,24)25)30-10-9-16(26)12-30/h2-8,11,16,20H,9-10,12,26H2,1H3/t16-,20+/m0/s1. The zero-order valence-electron chi connectivity index (χ0n) is 16.8. The Morgan fingerprint density at radius 1 is 1.10 bits per heavy atom. The minimum Gasteiger partial charge on any atom is -0.326 e. The molecule has 9 heteroatoms. The van der Waals surface area contributed by atoms with Crippen molar-refractivity contribution in [3.8, 4) is 11.5 Å².